The van der Waals surface area contributed by atoms with Crippen LogP contribution in [0.4, 0.5) is 8.78 Å². The van der Waals surface area contributed by atoms with Gasteiger partial charge in [-0.1, -0.05) is 30.1 Å². The second-order valence-corrected chi connectivity index (χ2v) is 3.99. The molecule has 0 saturated heterocycles. The van der Waals surface area contributed by atoms with Crippen LogP contribution in [0.1, 0.15) is 18.3 Å². The number of aromatic nitrogens is 2. The maximum atomic E-state index is 11.8. The van der Waals surface area contributed by atoms with Crippen molar-refractivity contribution in [2.24, 2.45) is 0 Å². The van der Waals surface area contributed by atoms with Gasteiger partial charge in [-0.3, -0.25) is 0 Å². The Morgan fingerprint density at radius 2 is 1.82 bits per heavy atom. The normalized spacial score (nSPS) is 11.2. The zero-order valence-electron chi connectivity index (χ0n) is 9.22. The van der Waals surface area contributed by atoms with Crippen molar-refractivity contribution < 1.29 is 13.5 Å². The summed E-state index contributed by atoms with van der Waals surface area (Å²) in [6.07, 6.45) is -1.53. The summed E-state index contributed by atoms with van der Waals surface area (Å²) >= 11 is 11.8. The Morgan fingerprint density at radius 1 is 1.24 bits per heavy atom. The van der Waals surface area contributed by atoms with Gasteiger partial charge in [-0.15, -0.1) is 0 Å². The molecule has 0 aliphatic rings. The van der Waals surface area contributed by atoms with E-state index in [0.29, 0.717) is 34.5 Å². The molecule has 1 heterocycles. The summed E-state index contributed by atoms with van der Waals surface area (Å²) in [5.41, 5.74) is 0.686. The second-order valence-electron chi connectivity index (χ2n) is 3.27. The molecule has 0 aromatic carbocycles. The van der Waals surface area contributed by atoms with Gasteiger partial charge in [-0.2, -0.15) is 0 Å². The van der Waals surface area contributed by atoms with Crippen LogP contribution in [0.2, 0.25) is 10.3 Å². The molecule has 0 atom stereocenters. The molecule has 0 spiro atoms. The monoisotopic (exact) mass is 284 g/mol. The van der Waals surface area contributed by atoms with E-state index in [9.17, 15) is 8.78 Å². The zero-order chi connectivity index (χ0) is 12.8. The molecule has 0 radical (unpaired) electrons. The molecule has 0 unspecified atom stereocenters. The first-order chi connectivity index (χ1) is 8.04. The molecule has 0 fully saturated rings. The first-order valence-corrected chi connectivity index (χ1v) is 5.86. The molecule has 1 aromatic heterocycles. The summed E-state index contributed by atoms with van der Waals surface area (Å²) in [4.78, 5) is 8.05. The minimum absolute atomic E-state index is 0.114. The van der Waals surface area contributed by atoms with E-state index in [4.69, 9.17) is 27.9 Å². The van der Waals surface area contributed by atoms with Crippen molar-refractivity contribution in [2.75, 3.05) is 13.2 Å². The fourth-order valence-corrected chi connectivity index (χ4v) is 1.90. The minimum Gasteiger partial charge on any atom is -0.375 e. The Bertz CT molecular complexity index is 354. The molecule has 96 valence electrons. The molecular weight excluding hydrogens is 273 g/mol. The average Bonchev–Trinajstić information content (AvgIpc) is 2.24. The molecule has 0 bridgehead atoms. The smallest absolute Gasteiger partial charge is 0.261 e. The van der Waals surface area contributed by atoms with E-state index in [1.54, 1.807) is 0 Å². The molecule has 1 rings (SSSR count). The van der Waals surface area contributed by atoms with Gasteiger partial charge in [0.15, 0.2) is 0 Å². The fourth-order valence-electron chi connectivity index (χ4n) is 1.21. The molecule has 3 nitrogen and oxygen atoms in total. The predicted octanol–water partition coefficient (Wildman–Crippen LogP) is 3.17. The summed E-state index contributed by atoms with van der Waals surface area (Å²) in [5, 5.41) is 0.604. The van der Waals surface area contributed by atoms with E-state index < -0.39 is 13.0 Å². The maximum Gasteiger partial charge on any atom is 0.261 e. The summed E-state index contributed by atoms with van der Waals surface area (Å²) in [5.74, 6) is 0.395. The van der Waals surface area contributed by atoms with E-state index >= 15 is 0 Å². The highest BCUT2D eigenvalue weighted by Crippen LogP contribution is 2.21. The van der Waals surface area contributed by atoms with Gasteiger partial charge in [0.05, 0.1) is 6.61 Å². The molecule has 0 aliphatic carbocycles. The maximum absolute atomic E-state index is 11.8. The topological polar surface area (TPSA) is 35.0 Å². The Morgan fingerprint density at radius 3 is 2.29 bits per heavy atom. The third-order valence-electron chi connectivity index (χ3n) is 2.02. The van der Waals surface area contributed by atoms with Gasteiger partial charge in [0.25, 0.3) is 6.43 Å². The highest BCUT2D eigenvalue weighted by molar-refractivity contribution is 6.34. The van der Waals surface area contributed by atoms with E-state index in [1.807, 2.05) is 6.92 Å². The van der Waals surface area contributed by atoms with Gasteiger partial charge in [-0.25, -0.2) is 18.7 Å². The standard InChI is InChI=1S/C10H12Cl2F2N2O/c1-2-6-9(11)15-8(16-10(6)12)3-4-17-5-7(13)14/h7H,2-5H2,1H3. The van der Waals surface area contributed by atoms with E-state index in [1.165, 1.54) is 0 Å². The van der Waals surface area contributed by atoms with Gasteiger partial charge in [0.2, 0.25) is 0 Å². The van der Waals surface area contributed by atoms with Crippen LogP contribution in [-0.4, -0.2) is 29.6 Å². The number of nitrogens with zero attached hydrogens (tertiary/aromatic N) is 2. The van der Waals surface area contributed by atoms with Crippen molar-refractivity contribution in [3.8, 4) is 0 Å². The van der Waals surface area contributed by atoms with E-state index in [-0.39, 0.29) is 6.61 Å². The molecule has 0 aliphatic heterocycles. The summed E-state index contributed by atoms with van der Waals surface area (Å²) in [6.45, 7) is 1.42. The Labute approximate surface area is 108 Å². The molecule has 17 heavy (non-hydrogen) atoms. The van der Waals surface area contributed by atoms with Crippen LogP contribution in [0.3, 0.4) is 0 Å². The van der Waals surface area contributed by atoms with E-state index in [0.717, 1.165) is 0 Å². The van der Waals surface area contributed by atoms with Crippen molar-refractivity contribution >= 4 is 23.2 Å². The predicted molar refractivity (Wildman–Crippen MR) is 62.0 cm³/mol. The summed E-state index contributed by atoms with van der Waals surface area (Å²) in [7, 11) is 0. The van der Waals surface area contributed by atoms with Gasteiger partial charge >= 0.3 is 0 Å². The summed E-state index contributed by atoms with van der Waals surface area (Å²) in [6, 6.07) is 0. The van der Waals surface area contributed by atoms with Gasteiger partial charge < -0.3 is 4.74 Å². The molecule has 0 saturated carbocycles. The highest BCUT2D eigenvalue weighted by atomic mass is 35.5. The number of halogens is 4. The van der Waals surface area contributed by atoms with Crippen LogP contribution >= 0.6 is 23.2 Å². The molecule has 1 aromatic rings. The highest BCUT2D eigenvalue weighted by Gasteiger charge is 2.10. The average molecular weight is 285 g/mol. The lowest BCUT2D eigenvalue weighted by atomic mass is 10.2. The summed E-state index contributed by atoms with van der Waals surface area (Å²) < 4.78 is 28.3. The minimum atomic E-state index is -2.47. The fraction of sp³-hybridized carbons (Fsp3) is 0.600. The van der Waals surface area contributed by atoms with Crippen LogP contribution in [0.25, 0.3) is 0 Å². The van der Waals surface area contributed by atoms with Crippen LogP contribution in [-0.2, 0) is 17.6 Å². The number of ether oxygens (including phenoxy) is 1. The number of hydrogen-bond acceptors (Lipinski definition) is 3. The first-order valence-electron chi connectivity index (χ1n) is 5.11. The molecular formula is C10H12Cl2F2N2O. The molecule has 0 N–H and O–H groups in total. The quantitative estimate of drug-likeness (QED) is 0.595. The lowest BCUT2D eigenvalue weighted by molar-refractivity contribution is 0.0183. The SMILES string of the molecule is CCc1c(Cl)nc(CCOCC(F)F)nc1Cl. The third-order valence-corrected chi connectivity index (χ3v) is 2.65. The number of alkyl halides is 2. The van der Waals surface area contributed by atoms with Crippen molar-refractivity contribution in [3.05, 3.63) is 21.7 Å². The third kappa shape index (κ3) is 4.69. The van der Waals surface area contributed by atoms with Gasteiger partial charge in [-0.05, 0) is 6.42 Å². The van der Waals surface area contributed by atoms with Crippen molar-refractivity contribution in [1.29, 1.82) is 0 Å². The lowest BCUT2D eigenvalue weighted by Gasteiger charge is -2.06. The van der Waals surface area contributed by atoms with Crippen LogP contribution in [0.15, 0.2) is 0 Å². The Kier molecular flexibility index (Phi) is 6.02. The van der Waals surface area contributed by atoms with Crippen molar-refractivity contribution in [3.63, 3.8) is 0 Å². The van der Waals surface area contributed by atoms with Crippen molar-refractivity contribution in [1.82, 2.24) is 9.97 Å². The molecule has 0 amide bonds. The van der Waals surface area contributed by atoms with Crippen molar-refractivity contribution in [2.45, 2.75) is 26.2 Å². The Hall–Kier alpha value is -0.520. The zero-order valence-corrected chi connectivity index (χ0v) is 10.7. The van der Waals surface area contributed by atoms with Gasteiger partial charge in [0, 0.05) is 12.0 Å². The number of hydrogen-bond donors (Lipinski definition) is 0. The van der Waals surface area contributed by atoms with Crippen LogP contribution in [0, 0.1) is 0 Å². The van der Waals surface area contributed by atoms with Gasteiger partial charge in [0.1, 0.15) is 22.7 Å². The Balaban J connectivity index is 2.55. The lowest BCUT2D eigenvalue weighted by Crippen LogP contribution is -2.09. The molecule has 7 heteroatoms. The second kappa shape index (κ2) is 7.03. The largest absolute Gasteiger partial charge is 0.375 e. The first kappa shape index (κ1) is 14.5. The number of rotatable bonds is 6. The van der Waals surface area contributed by atoms with Crippen LogP contribution in [0.5, 0.6) is 0 Å². The van der Waals surface area contributed by atoms with E-state index in [2.05, 4.69) is 9.97 Å². The van der Waals surface area contributed by atoms with Crippen LogP contribution < -0.4 is 0 Å².